The number of thioether (sulfide) groups is 1. The molecule has 0 spiro atoms. The van der Waals surface area contributed by atoms with Gasteiger partial charge >= 0.3 is 0 Å². The number of halogens is 1. The Hall–Kier alpha value is -1.18. The number of hydrogen-bond donors (Lipinski definition) is 0. The molecule has 0 saturated heterocycles. The molecule has 2 rings (SSSR count). The molecule has 0 aliphatic carbocycles. The normalized spacial score (nSPS) is 10.8. The Morgan fingerprint density at radius 2 is 2.20 bits per heavy atom. The van der Waals surface area contributed by atoms with Crippen molar-refractivity contribution in [1.82, 2.24) is 9.55 Å². The van der Waals surface area contributed by atoms with E-state index >= 15 is 0 Å². The van der Waals surface area contributed by atoms with E-state index in [4.69, 9.17) is 16.9 Å². The summed E-state index contributed by atoms with van der Waals surface area (Å²) in [6.45, 7) is 0.918. The minimum Gasteiger partial charge on any atom is -0.327 e. The monoisotopic (exact) mass is 307 g/mol. The fourth-order valence-corrected chi connectivity index (χ4v) is 2.98. The molecule has 1 aromatic heterocycles. The molecule has 0 bridgehead atoms. The van der Waals surface area contributed by atoms with Gasteiger partial charge in [0.05, 0.1) is 28.5 Å². The third-order valence-corrected chi connectivity index (χ3v) is 4.24. The van der Waals surface area contributed by atoms with Crippen molar-refractivity contribution in [3.63, 3.8) is 0 Å². The van der Waals surface area contributed by atoms with E-state index in [0.29, 0.717) is 11.4 Å². The summed E-state index contributed by atoms with van der Waals surface area (Å²) in [5.41, 5.74) is 2.61. The Labute approximate surface area is 128 Å². The van der Waals surface area contributed by atoms with Gasteiger partial charge in [-0.3, -0.25) is 0 Å². The molecule has 0 unspecified atom stereocenters. The molecule has 3 nitrogen and oxygen atoms in total. The van der Waals surface area contributed by atoms with E-state index in [-0.39, 0.29) is 0 Å². The molecule has 1 aromatic carbocycles. The number of aromatic nitrogens is 2. The van der Waals surface area contributed by atoms with Crippen LogP contribution >= 0.6 is 23.4 Å². The molecular formula is C15H18ClN3S. The smallest absolute Gasteiger partial charge is 0.124 e. The van der Waals surface area contributed by atoms with Crippen molar-refractivity contribution in [1.29, 1.82) is 5.26 Å². The fraction of sp³-hybridized carbons (Fsp3) is 0.467. The Bertz CT molecular complexity index is 615. The quantitative estimate of drug-likeness (QED) is 0.569. The summed E-state index contributed by atoms with van der Waals surface area (Å²) in [6.07, 6.45) is 5.71. The summed E-state index contributed by atoms with van der Waals surface area (Å²) < 4.78 is 2.16. The zero-order valence-corrected chi connectivity index (χ0v) is 13.2. The first-order valence-electron chi connectivity index (χ1n) is 6.74. The molecule has 0 saturated carbocycles. The van der Waals surface area contributed by atoms with Crippen LogP contribution in [0.5, 0.6) is 0 Å². The zero-order valence-electron chi connectivity index (χ0n) is 11.6. The summed E-state index contributed by atoms with van der Waals surface area (Å²) in [7, 11) is 0. The highest BCUT2D eigenvalue weighted by Crippen LogP contribution is 2.20. The maximum absolute atomic E-state index is 9.02. The number of aryl methyl sites for hydroxylation is 1. The van der Waals surface area contributed by atoms with Crippen LogP contribution in [0.3, 0.4) is 0 Å². The van der Waals surface area contributed by atoms with E-state index in [2.05, 4.69) is 21.9 Å². The van der Waals surface area contributed by atoms with Gasteiger partial charge in [0.15, 0.2) is 0 Å². The standard InChI is InChI=1S/C15H18ClN3S/c1-20-8-4-2-3-7-19-14-9-12(11-17)5-6-13(14)18-15(19)10-16/h5-6,9H,2-4,7-8,10H2,1H3. The topological polar surface area (TPSA) is 41.6 Å². The van der Waals surface area contributed by atoms with E-state index < -0.39 is 0 Å². The molecular weight excluding hydrogens is 290 g/mol. The van der Waals surface area contributed by atoms with Gasteiger partial charge in [0.1, 0.15) is 5.82 Å². The number of rotatable bonds is 7. The Morgan fingerprint density at radius 1 is 1.35 bits per heavy atom. The highest BCUT2D eigenvalue weighted by Gasteiger charge is 2.10. The van der Waals surface area contributed by atoms with Crippen LogP contribution in [0.15, 0.2) is 18.2 Å². The molecule has 106 valence electrons. The van der Waals surface area contributed by atoms with Gasteiger partial charge in [0, 0.05) is 6.54 Å². The van der Waals surface area contributed by atoms with E-state index in [9.17, 15) is 0 Å². The third-order valence-electron chi connectivity index (χ3n) is 3.31. The maximum Gasteiger partial charge on any atom is 0.124 e. The number of nitrogens with zero attached hydrogens (tertiary/aromatic N) is 3. The van der Waals surface area contributed by atoms with E-state index in [1.807, 2.05) is 23.9 Å². The van der Waals surface area contributed by atoms with E-state index in [1.54, 1.807) is 6.07 Å². The number of benzene rings is 1. The third kappa shape index (κ3) is 3.47. The van der Waals surface area contributed by atoms with Crippen molar-refractivity contribution >= 4 is 34.4 Å². The number of hydrogen-bond acceptors (Lipinski definition) is 3. The molecule has 0 aliphatic rings. The number of unbranched alkanes of at least 4 members (excludes halogenated alkanes) is 2. The van der Waals surface area contributed by atoms with Crippen LogP contribution in [0.4, 0.5) is 0 Å². The van der Waals surface area contributed by atoms with Gasteiger partial charge in [-0.05, 0) is 43.0 Å². The predicted molar refractivity (Wildman–Crippen MR) is 86.2 cm³/mol. The molecule has 1 heterocycles. The number of imidazole rings is 1. The summed E-state index contributed by atoms with van der Waals surface area (Å²) in [4.78, 5) is 4.54. The molecule has 0 aliphatic heterocycles. The van der Waals surface area contributed by atoms with Crippen LogP contribution in [0.2, 0.25) is 0 Å². The molecule has 0 radical (unpaired) electrons. The average Bonchev–Trinajstić information content (AvgIpc) is 2.84. The van der Waals surface area contributed by atoms with Gasteiger partial charge in [-0.25, -0.2) is 4.98 Å². The molecule has 0 N–H and O–H groups in total. The highest BCUT2D eigenvalue weighted by molar-refractivity contribution is 7.98. The number of fused-ring (bicyclic) bond motifs is 1. The Morgan fingerprint density at radius 3 is 2.90 bits per heavy atom. The van der Waals surface area contributed by atoms with Crippen LogP contribution in [0.25, 0.3) is 11.0 Å². The summed E-state index contributed by atoms with van der Waals surface area (Å²) in [5.74, 6) is 2.51. The largest absolute Gasteiger partial charge is 0.327 e. The first kappa shape index (κ1) is 15.2. The van der Waals surface area contributed by atoms with Gasteiger partial charge < -0.3 is 4.57 Å². The van der Waals surface area contributed by atoms with Gasteiger partial charge in [-0.2, -0.15) is 17.0 Å². The lowest BCUT2D eigenvalue weighted by Crippen LogP contribution is -2.02. The van der Waals surface area contributed by atoms with E-state index in [0.717, 1.165) is 29.8 Å². The van der Waals surface area contributed by atoms with Crippen molar-refractivity contribution in [2.45, 2.75) is 31.7 Å². The van der Waals surface area contributed by atoms with E-state index in [1.165, 1.54) is 18.6 Å². The lowest BCUT2D eigenvalue weighted by Gasteiger charge is -2.07. The number of alkyl halides is 1. The lowest BCUT2D eigenvalue weighted by atomic mass is 10.2. The summed E-state index contributed by atoms with van der Waals surface area (Å²) in [6, 6.07) is 7.78. The van der Waals surface area contributed by atoms with Crippen molar-refractivity contribution in [2.75, 3.05) is 12.0 Å². The van der Waals surface area contributed by atoms with Gasteiger partial charge in [-0.15, -0.1) is 11.6 Å². The second kappa shape index (κ2) is 7.56. The Kier molecular flexibility index (Phi) is 5.75. The average molecular weight is 308 g/mol. The van der Waals surface area contributed by atoms with Crippen LogP contribution < -0.4 is 0 Å². The maximum atomic E-state index is 9.02. The van der Waals surface area contributed by atoms with Crippen LogP contribution in [0, 0.1) is 11.3 Å². The molecule has 5 heteroatoms. The Balaban J connectivity index is 2.18. The van der Waals surface area contributed by atoms with Crippen molar-refractivity contribution < 1.29 is 0 Å². The van der Waals surface area contributed by atoms with Crippen molar-refractivity contribution in [2.24, 2.45) is 0 Å². The minimum atomic E-state index is 0.404. The summed E-state index contributed by atoms with van der Waals surface area (Å²) >= 11 is 7.88. The van der Waals surface area contributed by atoms with Crippen molar-refractivity contribution in [3.05, 3.63) is 29.6 Å². The predicted octanol–water partition coefficient (Wildman–Crippen LogP) is 4.18. The second-order valence-electron chi connectivity index (χ2n) is 4.68. The SMILES string of the molecule is CSCCCCCn1c(CCl)nc2ccc(C#N)cc21. The second-order valence-corrected chi connectivity index (χ2v) is 5.93. The van der Waals surface area contributed by atoms with Gasteiger partial charge in [0.25, 0.3) is 0 Å². The van der Waals surface area contributed by atoms with Crippen LogP contribution in [-0.2, 0) is 12.4 Å². The molecule has 20 heavy (non-hydrogen) atoms. The van der Waals surface area contributed by atoms with Crippen LogP contribution in [0.1, 0.15) is 30.7 Å². The highest BCUT2D eigenvalue weighted by atomic mass is 35.5. The molecule has 0 amide bonds. The summed E-state index contributed by atoms with van der Waals surface area (Å²) in [5, 5.41) is 9.02. The van der Waals surface area contributed by atoms with Crippen molar-refractivity contribution in [3.8, 4) is 6.07 Å². The zero-order chi connectivity index (χ0) is 14.4. The first-order valence-corrected chi connectivity index (χ1v) is 8.67. The molecule has 0 atom stereocenters. The first-order chi connectivity index (χ1) is 9.80. The molecule has 2 aromatic rings. The fourth-order valence-electron chi connectivity index (χ4n) is 2.29. The molecule has 0 fully saturated rings. The minimum absolute atomic E-state index is 0.404. The lowest BCUT2D eigenvalue weighted by molar-refractivity contribution is 0.602. The van der Waals surface area contributed by atoms with Gasteiger partial charge in [0.2, 0.25) is 0 Å². The van der Waals surface area contributed by atoms with Gasteiger partial charge in [-0.1, -0.05) is 6.42 Å². The van der Waals surface area contributed by atoms with Crippen LogP contribution in [-0.4, -0.2) is 21.6 Å². The number of nitriles is 1.